The fourth-order valence-electron chi connectivity index (χ4n) is 1.62. The Morgan fingerprint density at radius 2 is 2.12 bits per heavy atom. The summed E-state index contributed by atoms with van der Waals surface area (Å²) in [6.45, 7) is 5.29. The summed E-state index contributed by atoms with van der Waals surface area (Å²) in [7, 11) is 0. The van der Waals surface area contributed by atoms with Gasteiger partial charge in [-0.2, -0.15) is 5.10 Å². The van der Waals surface area contributed by atoms with Crippen molar-refractivity contribution in [3.05, 3.63) is 18.0 Å². The molecule has 0 unspecified atom stereocenters. The highest BCUT2D eigenvalue weighted by molar-refractivity contribution is 5.02. The van der Waals surface area contributed by atoms with Crippen LogP contribution in [0.3, 0.4) is 0 Å². The van der Waals surface area contributed by atoms with Crippen LogP contribution in [-0.2, 0) is 13.1 Å². The molecule has 2 N–H and O–H groups in total. The summed E-state index contributed by atoms with van der Waals surface area (Å²) in [4.78, 5) is 0. The van der Waals surface area contributed by atoms with Gasteiger partial charge in [-0.1, -0.05) is 12.8 Å². The van der Waals surface area contributed by atoms with Gasteiger partial charge in [-0.05, 0) is 26.3 Å². The standard InChI is InChI=1S/C12H23N3O/c1-2-15-11-12(10-14-15)9-13-7-5-3-4-6-8-16/h10-11,13,16H,2-9H2,1H3. The second-order valence-electron chi connectivity index (χ2n) is 4.02. The van der Waals surface area contributed by atoms with Gasteiger partial charge in [0, 0.05) is 31.5 Å². The van der Waals surface area contributed by atoms with Crippen LogP contribution >= 0.6 is 0 Å². The van der Waals surface area contributed by atoms with Crippen LogP contribution in [0.2, 0.25) is 0 Å². The molecule has 0 saturated carbocycles. The summed E-state index contributed by atoms with van der Waals surface area (Å²) >= 11 is 0. The van der Waals surface area contributed by atoms with Crippen molar-refractivity contribution in [3.8, 4) is 0 Å². The van der Waals surface area contributed by atoms with E-state index in [-0.39, 0.29) is 0 Å². The zero-order valence-electron chi connectivity index (χ0n) is 10.2. The van der Waals surface area contributed by atoms with Crippen molar-refractivity contribution < 1.29 is 5.11 Å². The number of aromatic nitrogens is 2. The van der Waals surface area contributed by atoms with E-state index < -0.39 is 0 Å². The Bertz CT molecular complexity index is 273. The lowest BCUT2D eigenvalue weighted by atomic mass is 10.2. The van der Waals surface area contributed by atoms with Gasteiger partial charge in [0.1, 0.15) is 0 Å². The van der Waals surface area contributed by atoms with Crippen LogP contribution in [0.15, 0.2) is 12.4 Å². The van der Waals surface area contributed by atoms with Gasteiger partial charge >= 0.3 is 0 Å². The minimum absolute atomic E-state index is 0.323. The summed E-state index contributed by atoms with van der Waals surface area (Å²) in [5, 5.41) is 16.2. The first-order valence-electron chi connectivity index (χ1n) is 6.19. The molecule has 92 valence electrons. The molecule has 1 aromatic heterocycles. The van der Waals surface area contributed by atoms with E-state index in [1.54, 1.807) is 0 Å². The van der Waals surface area contributed by atoms with E-state index in [4.69, 9.17) is 5.11 Å². The van der Waals surface area contributed by atoms with E-state index >= 15 is 0 Å². The molecule has 1 rings (SSSR count). The predicted octanol–water partition coefficient (Wildman–Crippen LogP) is 1.55. The van der Waals surface area contributed by atoms with Crippen molar-refractivity contribution in [2.45, 2.75) is 45.7 Å². The van der Waals surface area contributed by atoms with Gasteiger partial charge in [-0.15, -0.1) is 0 Å². The van der Waals surface area contributed by atoms with Gasteiger partial charge in [0.25, 0.3) is 0 Å². The lowest BCUT2D eigenvalue weighted by Gasteiger charge is -2.02. The van der Waals surface area contributed by atoms with Crippen molar-refractivity contribution >= 4 is 0 Å². The molecule has 0 spiro atoms. The van der Waals surface area contributed by atoms with E-state index in [0.29, 0.717) is 6.61 Å². The van der Waals surface area contributed by atoms with Crippen LogP contribution in [-0.4, -0.2) is 28.0 Å². The average Bonchev–Trinajstić information content (AvgIpc) is 2.76. The van der Waals surface area contributed by atoms with Crippen molar-refractivity contribution in [1.29, 1.82) is 0 Å². The summed E-state index contributed by atoms with van der Waals surface area (Å²) < 4.78 is 1.94. The third-order valence-corrected chi connectivity index (χ3v) is 2.60. The number of hydrogen-bond acceptors (Lipinski definition) is 3. The lowest BCUT2D eigenvalue weighted by molar-refractivity contribution is 0.282. The fraction of sp³-hybridized carbons (Fsp3) is 0.750. The van der Waals surface area contributed by atoms with Crippen LogP contribution in [0.1, 0.15) is 38.2 Å². The molecule has 16 heavy (non-hydrogen) atoms. The quantitative estimate of drug-likeness (QED) is 0.627. The molecule has 0 aliphatic carbocycles. The van der Waals surface area contributed by atoms with Crippen molar-refractivity contribution in [3.63, 3.8) is 0 Å². The van der Waals surface area contributed by atoms with Gasteiger partial charge in [-0.25, -0.2) is 0 Å². The molecule has 0 aliphatic rings. The van der Waals surface area contributed by atoms with Crippen molar-refractivity contribution in [2.24, 2.45) is 0 Å². The Morgan fingerprint density at radius 3 is 2.81 bits per heavy atom. The molecule has 1 aromatic rings. The Labute approximate surface area is 97.7 Å². The highest BCUT2D eigenvalue weighted by Gasteiger charge is 1.96. The SMILES string of the molecule is CCn1cc(CNCCCCCCO)cn1. The minimum Gasteiger partial charge on any atom is -0.396 e. The third kappa shape index (κ3) is 5.28. The van der Waals surface area contributed by atoms with Crippen molar-refractivity contribution in [2.75, 3.05) is 13.2 Å². The molecule has 4 nitrogen and oxygen atoms in total. The first-order chi connectivity index (χ1) is 7.86. The maximum atomic E-state index is 8.62. The van der Waals surface area contributed by atoms with Crippen molar-refractivity contribution in [1.82, 2.24) is 15.1 Å². The first-order valence-corrected chi connectivity index (χ1v) is 6.19. The number of aliphatic hydroxyl groups is 1. The number of aryl methyl sites for hydroxylation is 1. The zero-order valence-corrected chi connectivity index (χ0v) is 10.2. The summed E-state index contributed by atoms with van der Waals surface area (Å²) in [6.07, 6.45) is 8.44. The van der Waals surface area contributed by atoms with Gasteiger partial charge in [0.15, 0.2) is 0 Å². The van der Waals surface area contributed by atoms with E-state index in [9.17, 15) is 0 Å². The number of nitrogens with one attached hydrogen (secondary N) is 1. The Balaban J connectivity index is 1.98. The average molecular weight is 225 g/mol. The molecule has 0 saturated heterocycles. The summed E-state index contributed by atoms with van der Waals surface area (Å²) in [5.74, 6) is 0. The number of nitrogens with zero attached hydrogens (tertiary/aromatic N) is 2. The molecule has 0 atom stereocenters. The van der Waals surface area contributed by atoms with Crippen LogP contribution in [0.4, 0.5) is 0 Å². The number of aliphatic hydroxyl groups excluding tert-OH is 1. The molecule has 0 bridgehead atoms. The Kier molecular flexibility index (Phi) is 6.85. The molecular weight excluding hydrogens is 202 g/mol. The zero-order chi connectivity index (χ0) is 11.6. The summed E-state index contributed by atoms with van der Waals surface area (Å²) in [5.41, 5.74) is 1.25. The maximum absolute atomic E-state index is 8.62. The number of rotatable bonds is 9. The first kappa shape index (κ1) is 13.2. The topological polar surface area (TPSA) is 50.1 Å². The van der Waals surface area contributed by atoms with Crippen LogP contribution in [0.25, 0.3) is 0 Å². The lowest BCUT2D eigenvalue weighted by Crippen LogP contribution is -2.14. The van der Waals surface area contributed by atoms with Crippen LogP contribution < -0.4 is 5.32 Å². The highest BCUT2D eigenvalue weighted by Crippen LogP contribution is 1.99. The Hall–Kier alpha value is -0.870. The van der Waals surface area contributed by atoms with Crippen LogP contribution in [0, 0.1) is 0 Å². The molecule has 0 fully saturated rings. The molecule has 0 aromatic carbocycles. The predicted molar refractivity (Wildman–Crippen MR) is 65.2 cm³/mol. The van der Waals surface area contributed by atoms with E-state index in [0.717, 1.165) is 32.5 Å². The second kappa shape index (κ2) is 8.30. The molecule has 0 amide bonds. The maximum Gasteiger partial charge on any atom is 0.0534 e. The highest BCUT2D eigenvalue weighted by atomic mass is 16.2. The molecule has 4 heteroatoms. The number of unbranched alkanes of at least 4 members (excludes halogenated alkanes) is 3. The van der Waals surface area contributed by atoms with E-state index in [1.165, 1.54) is 18.4 Å². The normalized spacial score (nSPS) is 10.9. The molecule has 1 heterocycles. The smallest absolute Gasteiger partial charge is 0.0534 e. The fourth-order valence-corrected chi connectivity index (χ4v) is 1.62. The van der Waals surface area contributed by atoms with Gasteiger partial charge in [0.05, 0.1) is 6.20 Å². The van der Waals surface area contributed by atoms with E-state index in [1.807, 2.05) is 10.9 Å². The molecular formula is C12H23N3O. The largest absolute Gasteiger partial charge is 0.396 e. The van der Waals surface area contributed by atoms with Crippen LogP contribution in [0.5, 0.6) is 0 Å². The monoisotopic (exact) mass is 225 g/mol. The molecule has 0 aliphatic heterocycles. The minimum atomic E-state index is 0.323. The number of hydrogen-bond donors (Lipinski definition) is 2. The molecule has 0 radical (unpaired) electrons. The Morgan fingerprint density at radius 1 is 1.31 bits per heavy atom. The third-order valence-electron chi connectivity index (χ3n) is 2.60. The summed E-state index contributed by atoms with van der Waals surface area (Å²) in [6, 6.07) is 0. The van der Waals surface area contributed by atoms with Gasteiger partial charge in [-0.3, -0.25) is 4.68 Å². The van der Waals surface area contributed by atoms with Gasteiger partial charge in [0.2, 0.25) is 0 Å². The second-order valence-corrected chi connectivity index (χ2v) is 4.02. The van der Waals surface area contributed by atoms with Gasteiger partial charge < -0.3 is 10.4 Å². The van der Waals surface area contributed by atoms with E-state index in [2.05, 4.69) is 23.5 Å².